The molecule has 1 fully saturated rings. The average Bonchev–Trinajstić information content (AvgIpc) is 2.69. The molecule has 3 heterocycles. The molecule has 1 amide bonds. The molecular weight excluding hydrogens is 380 g/mol. The number of aromatic nitrogens is 1. The average molecular weight is 415 g/mol. The molecule has 1 aromatic rings. The number of ether oxygens (including phenoxy) is 2. The Morgan fingerprint density at radius 2 is 2.10 bits per heavy atom. The molecule has 7 nitrogen and oxygen atoms in total. The van der Waals surface area contributed by atoms with Crippen molar-refractivity contribution in [3.8, 4) is 6.07 Å². The SMILES string of the molecule is COCCC(=O)N1CCN(c2nc(C(C)C)c3c(c2C#N)CC(C)(C)OC3)C[C@H]1C. The minimum atomic E-state index is -0.300. The standard InChI is InChI=1S/C23H34N4O3/c1-15(2)21-19-14-30-23(4,5)11-17(19)18(12-24)22(25-21)26-8-9-27(16(3)13-26)20(28)7-10-29-6/h15-16H,7-11,13-14H2,1-6H3/t16-/m1/s1. The van der Waals surface area contributed by atoms with E-state index in [1.165, 1.54) is 0 Å². The van der Waals surface area contributed by atoms with Crippen LogP contribution in [0.2, 0.25) is 0 Å². The number of nitrogens with zero attached hydrogens (tertiary/aromatic N) is 4. The van der Waals surface area contributed by atoms with Gasteiger partial charge in [-0.25, -0.2) is 4.98 Å². The van der Waals surface area contributed by atoms with E-state index in [0.717, 1.165) is 22.6 Å². The predicted octanol–water partition coefficient (Wildman–Crippen LogP) is 3.00. The monoisotopic (exact) mass is 414 g/mol. The molecule has 1 atom stereocenters. The Kier molecular flexibility index (Phi) is 6.68. The second-order valence-electron chi connectivity index (χ2n) is 9.27. The molecule has 0 aromatic carbocycles. The van der Waals surface area contributed by atoms with Crippen LogP contribution in [0, 0.1) is 11.3 Å². The number of methoxy groups -OCH3 is 1. The van der Waals surface area contributed by atoms with Gasteiger partial charge in [0.2, 0.25) is 5.91 Å². The van der Waals surface area contributed by atoms with Crippen molar-refractivity contribution in [1.82, 2.24) is 9.88 Å². The number of hydrogen-bond acceptors (Lipinski definition) is 6. The summed E-state index contributed by atoms with van der Waals surface area (Å²) in [6.45, 7) is 13.3. The zero-order valence-electron chi connectivity index (χ0n) is 19.1. The second-order valence-corrected chi connectivity index (χ2v) is 9.27. The lowest BCUT2D eigenvalue weighted by Crippen LogP contribution is -2.54. The van der Waals surface area contributed by atoms with Crippen LogP contribution < -0.4 is 4.90 Å². The first-order chi connectivity index (χ1) is 14.2. The zero-order valence-corrected chi connectivity index (χ0v) is 19.1. The van der Waals surface area contributed by atoms with E-state index in [1.807, 2.05) is 4.90 Å². The smallest absolute Gasteiger partial charge is 0.225 e. The number of fused-ring (bicyclic) bond motifs is 1. The maximum Gasteiger partial charge on any atom is 0.225 e. The minimum Gasteiger partial charge on any atom is -0.384 e. The lowest BCUT2D eigenvalue weighted by Gasteiger charge is -2.42. The van der Waals surface area contributed by atoms with E-state index in [9.17, 15) is 10.1 Å². The number of carbonyl (C=O) groups excluding carboxylic acids is 1. The second kappa shape index (κ2) is 8.91. The summed E-state index contributed by atoms with van der Waals surface area (Å²) in [5.74, 6) is 1.11. The van der Waals surface area contributed by atoms with Gasteiger partial charge in [0.15, 0.2) is 0 Å². The number of rotatable bonds is 5. The van der Waals surface area contributed by atoms with Crippen LogP contribution in [0.1, 0.15) is 69.3 Å². The van der Waals surface area contributed by atoms with Crippen LogP contribution in [0.5, 0.6) is 0 Å². The van der Waals surface area contributed by atoms with Crippen molar-refractivity contribution in [3.05, 3.63) is 22.4 Å². The number of carbonyl (C=O) groups is 1. The minimum absolute atomic E-state index is 0.0507. The largest absolute Gasteiger partial charge is 0.384 e. The van der Waals surface area contributed by atoms with Crippen molar-refractivity contribution < 1.29 is 14.3 Å². The Morgan fingerprint density at radius 1 is 1.37 bits per heavy atom. The number of nitriles is 1. The van der Waals surface area contributed by atoms with Gasteiger partial charge >= 0.3 is 0 Å². The predicted molar refractivity (Wildman–Crippen MR) is 115 cm³/mol. The molecule has 0 saturated carbocycles. The van der Waals surface area contributed by atoms with Gasteiger partial charge in [-0.3, -0.25) is 4.79 Å². The van der Waals surface area contributed by atoms with E-state index in [4.69, 9.17) is 14.5 Å². The highest BCUT2D eigenvalue weighted by Gasteiger charge is 2.35. The van der Waals surface area contributed by atoms with Crippen molar-refractivity contribution in [2.75, 3.05) is 38.3 Å². The van der Waals surface area contributed by atoms with Crippen LogP contribution in [0.25, 0.3) is 0 Å². The van der Waals surface area contributed by atoms with Crippen molar-refractivity contribution in [3.63, 3.8) is 0 Å². The molecule has 7 heteroatoms. The maximum atomic E-state index is 12.5. The number of pyridine rings is 1. The quantitative estimate of drug-likeness (QED) is 0.737. The van der Waals surface area contributed by atoms with E-state index in [1.54, 1.807) is 7.11 Å². The van der Waals surface area contributed by atoms with Crippen LogP contribution in [0.4, 0.5) is 5.82 Å². The van der Waals surface area contributed by atoms with Gasteiger partial charge in [0.1, 0.15) is 11.9 Å². The van der Waals surface area contributed by atoms with E-state index in [-0.39, 0.29) is 23.5 Å². The fraction of sp³-hybridized carbons (Fsp3) is 0.696. The van der Waals surface area contributed by atoms with E-state index in [0.29, 0.717) is 51.3 Å². The fourth-order valence-electron chi connectivity index (χ4n) is 4.46. The zero-order chi connectivity index (χ0) is 22.1. The normalized spacial score (nSPS) is 20.8. The molecule has 3 rings (SSSR count). The topological polar surface area (TPSA) is 78.7 Å². The van der Waals surface area contributed by atoms with Gasteiger partial charge in [-0.2, -0.15) is 5.26 Å². The molecule has 1 aromatic heterocycles. The highest BCUT2D eigenvalue weighted by Crippen LogP contribution is 2.37. The van der Waals surface area contributed by atoms with Crippen molar-refractivity contribution in [1.29, 1.82) is 5.26 Å². The number of hydrogen-bond donors (Lipinski definition) is 0. The molecule has 0 N–H and O–H groups in total. The summed E-state index contributed by atoms with van der Waals surface area (Å²) in [6.07, 6.45) is 1.10. The summed E-state index contributed by atoms with van der Waals surface area (Å²) >= 11 is 0. The van der Waals surface area contributed by atoms with Crippen molar-refractivity contribution in [2.45, 2.75) is 71.6 Å². The molecule has 0 radical (unpaired) electrons. The summed E-state index contributed by atoms with van der Waals surface area (Å²) in [5, 5.41) is 10.1. The third-order valence-electron chi connectivity index (χ3n) is 6.06. The van der Waals surface area contributed by atoms with Crippen LogP contribution >= 0.6 is 0 Å². The molecule has 2 aliphatic rings. The van der Waals surface area contributed by atoms with Gasteiger partial charge in [0.05, 0.1) is 36.5 Å². The molecule has 30 heavy (non-hydrogen) atoms. The Hall–Kier alpha value is -2.17. The highest BCUT2D eigenvalue weighted by atomic mass is 16.5. The van der Waals surface area contributed by atoms with Gasteiger partial charge in [-0.05, 0) is 32.3 Å². The lowest BCUT2D eigenvalue weighted by atomic mass is 9.86. The first kappa shape index (κ1) is 22.5. The summed E-state index contributed by atoms with van der Waals surface area (Å²) in [5.41, 5.74) is 3.53. The Balaban J connectivity index is 1.94. The summed E-state index contributed by atoms with van der Waals surface area (Å²) in [6, 6.07) is 2.50. The molecule has 1 saturated heterocycles. The van der Waals surface area contributed by atoms with Crippen molar-refractivity contribution in [2.24, 2.45) is 0 Å². The maximum absolute atomic E-state index is 12.5. The molecular formula is C23H34N4O3. The lowest BCUT2D eigenvalue weighted by molar-refractivity contribution is -0.134. The Bertz CT molecular complexity index is 844. The Labute approximate surface area is 180 Å². The van der Waals surface area contributed by atoms with E-state index in [2.05, 4.69) is 45.6 Å². The van der Waals surface area contributed by atoms with Crippen LogP contribution in [-0.4, -0.2) is 60.8 Å². The van der Waals surface area contributed by atoms with Crippen LogP contribution in [-0.2, 0) is 27.3 Å². The summed E-state index contributed by atoms with van der Waals surface area (Å²) < 4.78 is 11.1. The van der Waals surface area contributed by atoms with Gasteiger partial charge in [-0.15, -0.1) is 0 Å². The third-order valence-corrected chi connectivity index (χ3v) is 6.06. The van der Waals surface area contributed by atoms with E-state index >= 15 is 0 Å². The highest BCUT2D eigenvalue weighted by molar-refractivity contribution is 5.77. The number of anilines is 1. The first-order valence-corrected chi connectivity index (χ1v) is 10.8. The summed E-state index contributed by atoms with van der Waals surface area (Å²) in [4.78, 5) is 21.6. The van der Waals surface area contributed by atoms with Crippen molar-refractivity contribution >= 4 is 11.7 Å². The van der Waals surface area contributed by atoms with Crippen LogP contribution in [0.15, 0.2) is 0 Å². The number of amides is 1. The van der Waals surface area contributed by atoms with E-state index < -0.39 is 0 Å². The van der Waals surface area contributed by atoms with Gasteiger partial charge in [-0.1, -0.05) is 13.8 Å². The first-order valence-electron chi connectivity index (χ1n) is 10.8. The molecule has 0 bridgehead atoms. The third kappa shape index (κ3) is 4.45. The molecule has 0 spiro atoms. The molecule has 0 aliphatic carbocycles. The van der Waals surface area contributed by atoms with Crippen LogP contribution in [0.3, 0.4) is 0 Å². The Morgan fingerprint density at radius 3 is 2.70 bits per heavy atom. The molecule has 0 unspecified atom stereocenters. The molecule has 164 valence electrons. The van der Waals surface area contributed by atoms with Gasteiger partial charge < -0.3 is 19.3 Å². The fourth-order valence-corrected chi connectivity index (χ4v) is 4.46. The summed E-state index contributed by atoms with van der Waals surface area (Å²) in [7, 11) is 1.61. The van der Waals surface area contributed by atoms with Gasteiger partial charge in [0, 0.05) is 44.8 Å². The van der Waals surface area contributed by atoms with Gasteiger partial charge in [0.25, 0.3) is 0 Å². The number of piperazine rings is 1. The molecule has 2 aliphatic heterocycles.